The van der Waals surface area contributed by atoms with Crippen molar-refractivity contribution in [2.75, 3.05) is 20.1 Å². The van der Waals surface area contributed by atoms with E-state index >= 15 is 0 Å². The smallest absolute Gasteiger partial charge is 0.223 e. The molecular weight excluding hydrogens is 188 g/mol. The molecule has 1 fully saturated rings. The Morgan fingerprint density at radius 3 is 2.40 bits per heavy atom. The highest BCUT2D eigenvalue weighted by atomic mass is 16.1. The second-order valence-electron chi connectivity index (χ2n) is 5.39. The fourth-order valence-electron chi connectivity index (χ4n) is 2.20. The van der Waals surface area contributed by atoms with Crippen LogP contribution in [0.5, 0.6) is 0 Å². The Balaban J connectivity index is 2.26. The van der Waals surface area contributed by atoms with Crippen LogP contribution in [-0.4, -0.2) is 26.0 Å². The van der Waals surface area contributed by atoms with Crippen LogP contribution in [-0.2, 0) is 4.79 Å². The van der Waals surface area contributed by atoms with Crippen LogP contribution in [0.4, 0.5) is 0 Å². The maximum atomic E-state index is 11.8. The molecule has 1 saturated carbocycles. The molecule has 15 heavy (non-hydrogen) atoms. The third-order valence-electron chi connectivity index (χ3n) is 3.12. The molecule has 3 heteroatoms. The first-order valence-corrected chi connectivity index (χ1v) is 5.97. The van der Waals surface area contributed by atoms with Gasteiger partial charge in [0.1, 0.15) is 0 Å². The molecule has 1 amide bonds. The summed E-state index contributed by atoms with van der Waals surface area (Å²) in [7, 11) is 1.94. The lowest BCUT2D eigenvalue weighted by Gasteiger charge is -2.25. The Kier molecular flexibility index (Phi) is 4.58. The summed E-state index contributed by atoms with van der Waals surface area (Å²) in [5.74, 6) is 0.548. The van der Waals surface area contributed by atoms with Gasteiger partial charge < -0.3 is 10.6 Å². The predicted molar refractivity (Wildman–Crippen MR) is 62.7 cm³/mol. The van der Waals surface area contributed by atoms with Crippen LogP contribution in [0.3, 0.4) is 0 Å². The molecule has 3 nitrogen and oxygen atoms in total. The average Bonchev–Trinajstić information content (AvgIpc) is 2.67. The van der Waals surface area contributed by atoms with Crippen LogP contribution in [0.2, 0.25) is 0 Å². The van der Waals surface area contributed by atoms with Crippen LogP contribution in [0.25, 0.3) is 0 Å². The topological polar surface area (TPSA) is 41.1 Å². The van der Waals surface area contributed by atoms with E-state index in [1.54, 1.807) is 0 Å². The van der Waals surface area contributed by atoms with Gasteiger partial charge in [-0.3, -0.25) is 4.79 Å². The second-order valence-corrected chi connectivity index (χ2v) is 5.39. The third-order valence-corrected chi connectivity index (χ3v) is 3.12. The number of hydrogen-bond acceptors (Lipinski definition) is 2. The van der Waals surface area contributed by atoms with Crippen LogP contribution in [0, 0.1) is 11.3 Å². The van der Waals surface area contributed by atoms with Crippen LogP contribution in [0.1, 0.15) is 39.5 Å². The van der Waals surface area contributed by atoms with Crippen molar-refractivity contribution in [3.05, 3.63) is 0 Å². The van der Waals surface area contributed by atoms with E-state index in [4.69, 9.17) is 0 Å². The van der Waals surface area contributed by atoms with E-state index in [2.05, 4.69) is 24.5 Å². The van der Waals surface area contributed by atoms with Crippen molar-refractivity contribution in [2.24, 2.45) is 11.3 Å². The molecule has 0 unspecified atom stereocenters. The molecule has 0 bridgehead atoms. The molecule has 1 rings (SSSR count). The molecule has 0 aromatic rings. The Labute approximate surface area is 93.0 Å². The fraction of sp³-hybridized carbons (Fsp3) is 0.917. The molecule has 1 aliphatic carbocycles. The highest BCUT2D eigenvalue weighted by Gasteiger charge is 2.24. The van der Waals surface area contributed by atoms with Crippen LogP contribution >= 0.6 is 0 Å². The molecule has 0 spiro atoms. The summed E-state index contributed by atoms with van der Waals surface area (Å²) in [4.78, 5) is 11.8. The Morgan fingerprint density at radius 2 is 1.87 bits per heavy atom. The average molecular weight is 212 g/mol. The number of hydrogen-bond donors (Lipinski definition) is 2. The molecule has 1 aliphatic rings. The summed E-state index contributed by atoms with van der Waals surface area (Å²) in [6, 6.07) is 0. The van der Waals surface area contributed by atoms with Crippen molar-refractivity contribution in [3.63, 3.8) is 0 Å². The van der Waals surface area contributed by atoms with Gasteiger partial charge in [-0.25, -0.2) is 0 Å². The first kappa shape index (κ1) is 12.5. The van der Waals surface area contributed by atoms with Crippen LogP contribution < -0.4 is 10.6 Å². The van der Waals surface area contributed by atoms with Crippen molar-refractivity contribution < 1.29 is 4.79 Å². The van der Waals surface area contributed by atoms with Gasteiger partial charge in [-0.2, -0.15) is 0 Å². The number of rotatable bonds is 5. The lowest BCUT2D eigenvalue weighted by atomic mass is 9.93. The zero-order valence-corrected chi connectivity index (χ0v) is 10.2. The summed E-state index contributed by atoms with van der Waals surface area (Å²) in [6.45, 7) is 6.03. The first-order valence-electron chi connectivity index (χ1n) is 5.97. The van der Waals surface area contributed by atoms with E-state index in [-0.39, 0.29) is 17.2 Å². The summed E-state index contributed by atoms with van der Waals surface area (Å²) < 4.78 is 0. The lowest BCUT2D eigenvalue weighted by Crippen LogP contribution is -2.41. The highest BCUT2D eigenvalue weighted by molar-refractivity contribution is 5.78. The molecule has 0 aromatic carbocycles. The molecule has 88 valence electrons. The van der Waals surface area contributed by atoms with Crippen molar-refractivity contribution in [3.8, 4) is 0 Å². The molecular formula is C12H24N2O. The second kappa shape index (κ2) is 5.50. The minimum atomic E-state index is 0.142. The summed E-state index contributed by atoms with van der Waals surface area (Å²) in [6.07, 6.45) is 4.60. The SMILES string of the molecule is CNCC(C)(C)CNC(=O)C1CCCC1. The summed E-state index contributed by atoms with van der Waals surface area (Å²) >= 11 is 0. The quantitative estimate of drug-likeness (QED) is 0.726. The molecule has 0 atom stereocenters. The zero-order valence-electron chi connectivity index (χ0n) is 10.2. The Morgan fingerprint density at radius 1 is 1.27 bits per heavy atom. The van der Waals surface area contributed by atoms with Gasteiger partial charge in [0.25, 0.3) is 0 Å². The largest absolute Gasteiger partial charge is 0.355 e. The normalized spacial score (nSPS) is 18.1. The number of nitrogens with one attached hydrogen (secondary N) is 2. The first-order chi connectivity index (χ1) is 7.05. The van der Waals surface area contributed by atoms with Crippen molar-refractivity contribution in [1.82, 2.24) is 10.6 Å². The Bertz CT molecular complexity index is 208. The summed E-state index contributed by atoms with van der Waals surface area (Å²) in [5.41, 5.74) is 0.142. The minimum Gasteiger partial charge on any atom is -0.355 e. The number of carbonyl (C=O) groups excluding carboxylic acids is 1. The predicted octanol–water partition coefficient (Wildman–Crippen LogP) is 1.54. The van der Waals surface area contributed by atoms with Crippen LogP contribution in [0.15, 0.2) is 0 Å². The van der Waals surface area contributed by atoms with Crippen molar-refractivity contribution in [2.45, 2.75) is 39.5 Å². The summed E-state index contributed by atoms with van der Waals surface area (Å²) in [5, 5.41) is 6.22. The van der Waals surface area contributed by atoms with Gasteiger partial charge in [0.15, 0.2) is 0 Å². The van der Waals surface area contributed by atoms with E-state index in [1.807, 2.05) is 7.05 Å². The van der Waals surface area contributed by atoms with Gasteiger partial charge in [0.2, 0.25) is 5.91 Å². The number of carbonyl (C=O) groups is 1. The van der Waals surface area contributed by atoms with Gasteiger partial charge in [-0.15, -0.1) is 0 Å². The molecule has 0 radical (unpaired) electrons. The molecule has 0 aromatic heterocycles. The lowest BCUT2D eigenvalue weighted by molar-refractivity contribution is -0.125. The van der Waals surface area contributed by atoms with Gasteiger partial charge in [0.05, 0.1) is 0 Å². The molecule has 0 saturated heterocycles. The van der Waals surface area contributed by atoms with Crippen molar-refractivity contribution in [1.29, 1.82) is 0 Å². The van der Waals surface area contributed by atoms with E-state index in [0.29, 0.717) is 0 Å². The molecule has 0 aliphatic heterocycles. The highest BCUT2D eigenvalue weighted by Crippen LogP contribution is 2.24. The van der Waals surface area contributed by atoms with E-state index in [1.165, 1.54) is 12.8 Å². The maximum absolute atomic E-state index is 11.8. The van der Waals surface area contributed by atoms with E-state index in [0.717, 1.165) is 25.9 Å². The van der Waals surface area contributed by atoms with Gasteiger partial charge in [-0.1, -0.05) is 26.7 Å². The van der Waals surface area contributed by atoms with E-state index < -0.39 is 0 Å². The standard InChI is InChI=1S/C12H24N2O/c1-12(2,8-13-3)9-14-11(15)10-6-4-5-7-10/h10,13H,4-9H2,1-3H3,(H,14,15). The third kappa shape index (κ3) is 4.20. The maximum Gasteiger partial charge on any atom is 0.223 e. The van der Waals surface area contributed by atoms with Crippen molar-refractivity contribution >= 4 is 5.91 Å². The number of amides is 1. The monoisotopic (exact) mass is 212 g/mol. The zero-order chi connectivity index (χ0) is 11.3. The van der Waals surface area contributed by atoms with Gasteiger partial charge in [-0.05, 0) is 25.3 Å². The minimum absolute atomic E-state index is 0.142. The molecule has 2 N–H and O–H groups in total. The van der Waals surface area contributed by atoms with Gasteiger partial charge >= 0.3 is 0 Å². The van der Waals surface area contributed by atoms with E-state index in [9.17, 15) is 4.79 Å². The Hall–Kier alpha value is -0.570. The fourth-order valence-corrected chi connectivity index (χ4v) is 2.20. The molecule has 0 heterocycles. The van der Waals surface area contributed by atoms with Gasteiger partial charge in [0, 0.05) is 19.0 Å².